The summed E-state index contributed by atoms with van der Waals surface area (Å²) in [5.74, 6) is 0.642. The summed E-state index contributed by atoms with van der Waals surface area (Å²) < 4.78 is 0. The van der Waals surface area contributed by atoms with Crippen LogP contribution in [0.4, 0.5) is 16.2 Å². The van der Waals surface area contributed by atoms with E-state index in [1.807, 2.05) is 19.1 Å². The second-order valence-corrected chi connectivity index (χ2v) is 6.69. The molecule has 134 valence electrons. The molecule has 0 saturated heterocycles. The molecule has 1 rings (SSSR count). The van der Waals surface area contributed by atoms with E-state index < -0.39 is 0 Å². The minimum atomic E-state index is -0.213. The van der Waals surface area contributed by atoms with Crippen molar-refractivity contribution in [3.8, 4) is 0 Å². The Morgan fingerprint density at radius 2 is 1.75 bits per heavy atom. The van der Waals surface area contributed by atoms with E-state index in [4.69, 9.17) is 0 Å². The van der Waals surface area contributed by atoms with Gasteiger partial charge in [-0.15, -0.1) is 0 Å². The lowest BCUT2D eigenvalue weighted by atomic mass is 10.0. The van der Waals surface area contributed by atoms with E-state index in [9.17, 15) is 9.59 Å². The Bertz CT molecular complexity index is 541. The molecule has 24 heavy (non-hydrogen) atoms. The molecule has 5 nitrogen and oxygen atoms in total. The van der Waals surface area contributed by atoms with Crippen LogP contribution in [0.1, 0.15) is 58.4 Å². The Morgan fingerprint density at radius 3 is 2.42 bits per heavy atom. The first-order valence-electron chi connectivity index (χ1n) is 8.81. The number of urea groups is 1. The number of unbranched alkanes of at least 4 members (excludes halogenated alkanes) is 3. The Labute approximate surface area is 145 Å². The molecule has 0 aliphatic carbocycles. The molecule has 0 atom stereocenters. The summed E-state index contributed by atoms with van der Waals surface area (Å²) in [6.45, 7) is 8.54. The molecule has 3 N–H and O–H groups in total. The highest BCUT2D eigenvalue weighted by atomic mass is 16.2. The van der Waals surface area contributed by atoms with Crippen LogP contribution in [-0.2, 0) is 4.79 Å². The molecule has 5 heteroatoms. The number of carbonyl (C=O) groups excluding carboxylic acids is 2. The molecule has 0 aliphatic rings. The highest BCUT2D eigenvalue weighted by Gasteiger charge is 2.05. The van der Waals surface area contributed by atoms with Crippen molar-refractivity contribution in [2.24, 2.45) is 5.92 Å². The first kappa shape index (κ1) is 20.0. The van der Waals surface area contributed by atoms with Crippen LogP contribution in [-0.4, -0.2) is 18.5 Å². The zero-order valence-electron chi connectivity index (χ0n) is 15.4. The third-order valence-corrected chi connectivity index (χ3v) is 3.80. The van der Waals surface area contributed by atoms with Crippen molar-refractivity contribution in [3.63, 3.8) is 0 Å². The average Bonchev–Trinajstić information content (AvgIpc) is 2.49. The number of hydrogen-bond acceptors (Lipinski definition) is 2. The van der Waals surface area contributed by atoms with Gasteiger partial charge in [0, 0.05) is 24.8 Å². The van der Waals surface area contributed by atoms with Crippen LogP contribution in [0.3, 0.4) is 0 Å². The van der Waals surface area contributed by atoms with Gasteiger partial charge in [-0.05, 0) is 37.0 Å². The van der Waals surface area contributed by atoms with Crippen molar-refractivity contribution in [2.45, 2.75) is 59.8 Å². The zero-order valence-corrected chi connectivity index (χ0v) is 15.4. The van der Waals surface area contributed by atoms with Crippen LogP contribution in [0, 0.1) is 12.8 Å². The van der Waals surface area contributed by atoms with Gasteiger partial charge in [0.05, 0.1) is 0 Å². The van der Waals surface area contributed by atoms with E-state index in [1.54, 1.807) is 6.07 Å². The lowest BCUT2D eigenvalue weighted by Crippen LogP contribution is -2.29. The van der Waals surface area contributed by atoms with Gasteiger partial charge in [-0.25, -0.2) is 4.79 Å². The third kappa shape index (κ3) is 8.56. The molecule has 0 radical (unpaired) electrons. The second kappa shape index (κ2) is 10.7. The largest absolute Gasteiger partial charge is 0.338 e. The van der Waals surface area contributed by atoms with Crippen LogP contribution >= 0.6 is 0 Å². The van der Waals surface area contributed by atoms with E-state index in [-0.39, 0.29) is 11.9 Å². The lowest BCUT2D eigenvalue weighted by molar-refractivity contribution is -0.114. The fourth-order valence-electron chi connectivity index (χ4n) is 2.43. The smallest absolute Gasteiger partial charge is 0.319 e. The van der Waals surface area contributed by atoms with Gasteiger partial charge in [0.1, 0.15) is 0 Å². The number of aryl methyl sites for hydroxylation is 1. The molecule has 3 amide bonds. The van der Waals surface area contributed by atoms with E-state index in [2.05, 4.69) is 29.8 Å². The van der Waals surface area contributed by atoms with E-state index >= 15 is 0 Å². The molecule has 1 aromatic rings. The van der Waals surface area contributed by atoms with Gasteiger partial charge in [-0.3, -0.25) is 4.79 Å². The standard InChI is InChI=1S/C19H31N3O2/c1-14(2)9-7-5-6-8-12-20-19(24)22-17-11-10-15(3)18(13-17)21-16(4)23/h10-11,13-14H,5-9,12H2,1-4H3,(H,21,23)(H2,20,22,24). The van der Waals surface area contributed by atoms with Crippen molar-refractivity contribution < 1.29 is 9.59 Å². The van der Waals surface area contributed by atoms with Crippen LogP contribution in [0.25, 0.3) is 0 Å². The number of anilines is 2. The summed E-state index contributed by atoms with van der Waals surface area (Å²) in [7, 11) is 0. The van der Waals surface area contributed by atoms with Gasteiger partial charge in [0.15, 0.2) is 0 Å². The van der Waals surface area contributed by atoms with Gasteiger partial charge in [0.2, 0.25) is 5.91 Å². The number of nitrogens with one attached hydrogen (secondary N) is 3. The van der Waals surface area contributed by atoms with Crippen LogP contribution < -0.4 is 16.0 Å². The second-order valence-electron chi connectivity index (χ2n) is 6.69. The van der Waals surface area contributed by atoms with Crippen molar-refractivity contribution in [1.29, 1.82) is 0 Å². The highest BCUT2D eigenvalue weighted by molar-refractivity contribution is 5.93. The van der Waals surface area contributed by atoms with Crippen LogP contribution in [0.15, 0.2) is 18.2 Å². The number of hydrogen-bond donors (Lipinski definition) is 3. The summed E-state index contributed by atoms with van der Waals surface area (Å²) in [4.78, 5) is 23.1. The molecule has 0 saturated carbocycles. The van der Waals surface area contributed by atoms with Gasteiger partial charge in [0.25, 0.3) is 0 Å². The first-order chi connectivity index (χ1) is 11.4. The molecule has 1 aromatic carbocycles. The molecule has 0 fully saturated rings. The highest BCUT2D eigenvalue weighted by Crippen LogP contribution is 2.20. The average molecular weight is 333 g/mol. The molecular formula is C19H31N3O2. The topological polar surface area (TPSA) is 70.2 Å². The van der Waals surface area contributed by atoms with Gasteiger partial charge in [-0.1, -0.05) is 45.6 Å². The van der Waals surface area contributed by atoms with Crippen molar-refractivity contribution in [3.05, 3.63) is 23.8 Å². The Kier molecular flexibility index (Phi) is 8.90. The van der Waals surface area contributed by atoms with Crippen molar-refractivity contribution in [2.75, 3.05) is 17.2 Å². The molecular weight excluding hydrogens is 302 g/mol. The number of carbonyl (C=O) groups is 2. The monoisotopic (exact) mass is 333 g/mol. The molecule has 0 unspecified atom stereocenters. The van der Waals surface area contributed by atoms with Crippen molar-refractivity contribution in [1.82, 2.24) is 5.32 Å². The summed E-state index contributed by atoms with van der Waals surface area (Å²) in [6.07, 6.45) is 5.90. The SMILES string of the molecule is CC(=O)Nc1cc(NC(=O)NCCCCCCC(C)C)ccc1C. The minimum Gasteiger partial charge on any atom is -0.338 e. The van der Waals surface area contributed by atoms with E-state index in [1.165, 1.54) is 26.2 Å². The fourth-order valence-corrected chi connectivity index (χ4v) is 2.43. The van der Waals surface area contributed by atoms with Crippen molar-refractivity contribution >= 4 is 23.3 Å². The maximum absolute atomic E-state index is 11.9. The summed E-state index contributed by atoms with van der Waals surface area (Å²) >= 11 is 0. The summed E-state index contributed by atoms with van der Waals surface area (Å²) in [6, 6.07) is 5.25. The molecule has 0 heterocycles. The maximum atomic E-state index is 11.9. The summed E-state index contributed by atoms with van der Waals surface area (Å²) in [5.41, 5.74) is 2.33. The summed E-state index contributed by atoms with van der Waals surface area (Å²) in [5, 5.41) is 8.42. The normalized spacial score (nSPS) is 10.5. The predicted octanol–water partition coefficient (Wildman–Crippen LogP) is 4.68. The lowest BCUT2D eigenvalue weighted by Gasteiger charge is -2.11. The molecule has 0 spiro atoms. The quantitative estimate of drug-likeness (QED) is 0.574. The van der Waals surface area contributed by atoms with Crippen LogP contribution in [0.2, 0.25) is 0 Å². The molecule has 0 bridgehead atoms. The Balaban J connectivity index is 2.29. The fraction of sp³-hybridized carbons (Fsp3) is 0.579. The van der Waals surface area contributed by atoms with Gasteiger partial charge >= 0.3 is 6.03 Å². The predicted molar refractivity (Wildman–Crippen MR) is 100 cm³/mol. The van der Waals surface area contributed by atoms with E-state index in [0.717, 1.165) is 24.3 Å². The van der Waals surface area contributed by atoms with Gasteiger partial charge in [-0.2, -0.15) is 0 Å². The maximum Gasteiger partial charge on any atom is 0.319 e. The third-order valence-electron chi connectivity index (χ3n) is 3.80. The number of rotatable bonds is 9. The van der Waals surface area contributed by atoms with Crippen LogP contribution in [0.5, 0.6) is 0 Å². The Hall–Kier alpha value is -2.04. The Morgan fingerprint density at radius 1 is 1.04 bits per heavy atom. The molecule has 0 aliphatic heterocycles. The molecule has 0 aromatic heterocycles. The minimum absolute atomic E-state index is 0.128. The van der Waals surface area contributed by atoms with E-state index in [0.29, 0.717) is 17.9 Å². The number of benzene rings is 1. The zero-order chi connectivity index (χ0) is 17.9. The first-order valence-corrected chi connectivity index (χ1v) is 8.81. The number of amides is 3. The van der Waals surface area contributed by atoms with Gasteiger partial charge < -0.3 is 16.0 Å².